The number of carbonyl (C=O) groups excluding carboxylic acids is 1. The lowest BCUT2D eigenvalue weighted by Crippen LogP contribution is -2.36. The molecule has 0 spiro atoms. The van der Waals surface area contributed by atoms with Crippen molar-refractivity contribution in [3.8, 4) is 23.0 Å². The van der Waals surface area contributed by atoms with Crippen molar-refractivity contribution in [2.75, 3.05) is 20.0 Å². The maximum absolute atomic E-state index is 13.9. The van der Waals surface area contributed by atoms with Crippen molar-refractivity contribution in [2.24, 2.45) is 0 Å². The zero-order valence-corrected chi connectivity index (χ0v) is 20.5. The van der Waals surface area contributed by atoms with Gasteiger partial charge in [-0.1, -0.05) is 6.07 Å². The van der Waals surface area contributed by atoms with Gasteiger partial charge in [-0.15, -0.1) is 5.10 Å². The zero-order valence-electron chi connectivity index (χ0n) is 19.7. The first-order valence-electron chi connectivity index (χ1n) is 10.6. The molecule has 35 heavy (non-hydrogen) atoms. The summed E-state index contributed by atoms with van der Waals surface area (Å²) in [4.78, 5) is 29.9. The molecule has 1 aromatic carbocycles. The molecule has 13 heteroatoms. The predicted octanol–water partition coefficient (Wildman–Crippen LogP) is 1.29. The van der Waals surface area contributed by atoms with Gasteiger partial charge in [-0.25, -0.2) is 14.2 Å². The molecule has 1 amide bonds. The summed E-state index contributed by atoms with van der Waals surface area (Å²) in [5.41, 5.74) is 0.429. The number of ether oxygens (including phenoxy) is 1. The number of aromatic nitrogens is 4. The van der Waals surface area contributed by atoms with E-state index in [9.17, 15) is 22.4 Å². The number of nitrogens with one attached hydrogen (secondary N) is 1. The van der Waals surface area contributed by atoms with E-state index in [2.05, 4.69) is 15.4 Å². The minimum atomic E-state index is -3.55. The van der Waals surface area contributed by atoms with Crippen molar-refractivity contribution in [1.82, 2.24) is 24.6 Å². The molecule has 0 fully saturated rings. The lowest BCUT2D eigenvalue weighted by Gasteiger charge is -2.10. The van der Waals surface area contributed by atoms with Crippen LogP contribution in [0.1, 0.15) is 19.4 Å². The summed E-state index contributed by atoms with van der Waals surface area (Å²) < 4.78 is 48.1. The summed E-state index contributed by atoms with van der Waals surface area (Å²) >= 11 is 0. The first kappa shape index (κ1) is 26.0. The fourth-order valence-electron chi connectivity index (χ4n) is 3.21. The number of rotatable bonds is 10. The van der Waals surface area contributed by atoms with Gasteiger partial charge in [0, 0.05) is 17.8 Å². The second-order valence-electron chi connectivity index (χ2n) is 7.98. The van der Waals surface area contributed by atoms with Crippen LogP contribution in [0.25, 0.3) is 17.2 Å². The molecule has 0 aliphatic heterocycles. The molecule has 0 radical (unpaired) electrons. The molecule has 2 heterocycles. The van der Waals surface area contributed by atoms with Crippen molar-refractivity contribution in [3.63, 3.8) is 0 Å². The number of hydrogen-bond donors (Lipinski definition) is 1. The van der Waals surface area contributed by atoms with E-state index < -0.39 is 27.5 Å². The average molecular weight is 508 g/mol. The first-order valence-corrected chi connectivity index (χ1v) is 12.4. The third kappa shape index (κ3) is 6.73. The number of benzene rings is 1. The number of amides is 1. The third-order valence-corrected chi connectivity index (χ3v) is 5.33. The average Bonchev–Trinajstić information content (AvgIpc) is 3.09. The highest BCUT2D eigenvalue weighted by atomic mass is 32.2. The van der Waals surface area contributed by atoms with E-state index in [1.54, 1.807) is 19.9 Å². The molecule has 0 aliphatic rings. The summed E-state index contributed by atoms with van der Waals surface area (Å²) in [6.07, 6.45) is 2.73. The van der Waals surface area contributed by atoms with Gasteiger partial charge in [0.1, 0.15) is 6.54 Å². The topological polar surface area (TPSA) is 134 Å². The lowest BCUT2D eigenvalue weighted by molar-refractivity contribution is -0.122. The second-order valence-corrected chi connectivity index (χ2v) is 9.62. The van der Waals surface area contributed by atoms with E-state index in [4.69, 9.17) is 8.92 Å². The van der Waals surface area contributed by atoms with Crippen LogP contribution in [0.4, 0.5) is 4.39 Å². The maximum atomic E-state index is 13.9. The van der Waals surface area contributed by atoms with Gasteiger partial charge in [0.25, 0.3) is 10.1 Å². The van der Waals surface area contributed by atoms with Gasteiger partial charge in [0.15, 0.2) is 23.2 Å². The van der Waals surface area contributed by atoms with Crippen LogP contribution in [0.15, 0.2) is 41.3 Å². The largest absolute Gasteiger partial charge is 0.494 e. The normalized spacial score (nSPS) is 11.6. The van der Waals surface area contributed by atoms with E-state index in [0.717, 1.165) is 10.9 Å². The number of halogens is 1. The van der Waals surface area contributed by atoms with E-state index in [0.29, 0.717) is 17.5 Å². The van der Waals surface area contributed by atoms with Crippen LogP contribution in [0.3, 0.4) is 0 Å². The minimum absolute atomic E-state index is 0.0403. The van der Waals surface area contributed by atoms with Gasteiger partial charge in [-0.05, 0) is 50.1 Å². The van der Waals surface area contributed by atoms with Crippen LogP contribution in [-0.2, 0) is 32.1 Å². The van der Waals surface area contributed by atoms with Crippen LogP contribution in [0, 0.1) is 5.82 Å². The molecule has 3 aromatic rings. The van der Waals surface area contributed by atoms with E-state index in [1.807, 2.05) is 0 Å². The van der Waals surface area contributed by atoms with Gasteiger partial charge in [0.05, 0.1) is 20.0 Å². The van der Waals surface area contributed by atoms with Crippen molar-refractivity contribution in [1.29, 1.82) is 0 Å². The van der Waals surface area contributed by atoms with Crippen LogP contribution >= 0.6 is 0 Å². The van der Waals surface area contributed by atoms with Crippen molar-refractivity contribution < 1.29 is 26.5 Å². The van der Waals surface area contributed by atoms with E-state index in [1.165, 1.54) is 42.1 Å². The van der Waals surface area contributed by atoms with Gasteiger partial charge in [-0.3, -0.25) is 13.5 Å². The molecule has 0 saturated carbocycles. The number of pyridine rings is 1. The summed E-state index contributed by atoms with van der Waals surface area (Å²) in [6, 6.07) is 7.06. The monoisotopic (exact) mass is 507 g/mol. The third-order valence-electron chi connectivity index (χ3n) is 4.74. The molecular formula is C22H26FN5O6S. The molecule has 11 nitrogen and oxygen atoms in total. The lowest BCUT2D eigenvalue weighted by atomic mass is 10.2. The van der Waals surface area contributed by atoms with Crippen LogP contribution < -0.4 is 15.7 Å². The van der Waals surface area contributed by atoms with Crippen LogP contribution in [0.5, 0.6) is 5.75 Å². The standard InChI is InChI=1S/C22H26FN5O6S/c1-14(2)25-20(29)13-27-21(16-6-7-17(23)18(11-16)33-3)26-28(22(27)30)19-8-5-15(12-24-19)9-10-34-35(4,31)32/h5-8,11-12,14H,9-10,13H2,1-4H3,(H,25,29). The Morgan fingerprint density at radius 2 is 1.97 bits per heavy atom. The maximum Gasteiger partial charge on any atom is 0.352 e. The Balaban J connectivity index is 1.99. The smallest absolute Gasteiger partial charge is 0.352 e. The van der Waals surface area contributed by atoms with Crippen molar-refractivity contribution >= 4 is 16.0 Å². The Kier molecular flexibility index (Phi) is 8.02. The second kappa shape index (κ2) is 10.8. The van der Waals surface area contributed by atoms with Gasteiger partial charge < -0.3 is 10.1 Å². The fraction of sp³-hybridized carbons (Fsp3) is 0.364. The number of nitrogens with zero attached hydrogens (tertiary/aromatic N) is 4. The number of hydrogen-bond acceptors (Lipinski definition) is 8. The summed E-state index contributed by atoms with van der Waals surface area (Å²) in [7, 11) is -2.23. The Morgan fingerprint density at radius 1 is 1.23 bits per heavy atom. The van der Waals surface area contributed by atoms with Gasteiger partial charge in [0.2, 0.25) is 5.91 Å². The van der Waals surface area contributed by atoms with E-state index >= 15 is 0 Å². The van der Waals surface area contributed by atoms with Crippen molar-refractivity contribution in [2.45, 2.75) is 32.9 Å². The van der Waals surface area contributed by atoms with Crippen LogP contribution in [-0.4, -0.2) is 59.7 Å². The molecule has 3 rings (SSSR count). The summed E-state index contributed by atoms with van der Waals surface area (Å²) in [5.74, 6) is -0.715. The Bertz CT molecular complexity index is 1370. The van der Waals surface area contributed by atoms with E-state index in [-0.39, 0.29) is 36.6 Å². The predicted molar refractivity (Wildman–Crippen MR) is 125 cm³/mol. The molecule has 0 saturated heterocycles. The first-order chi connectivity index (χ1) is 16.5. The van der Waals surface area contributed by atoms with Gasteiger partial charge >= 0.3 is 5.69 Å². The zero-order chi connectivity index (χ0) is 25.8. The summed E-state index contributed by atoms with van der Waals surface area (Å²) in [6.45, 7) is 3.23. The quantitative estimate of drug-likeness (QED) is 0.406. The highest BCUT2D eigenvalue weighted by molar-refractivity contribution is 7.85. The Labute approximate surface area is 201 Å². The highest BCUT2D eigenvalue weighted by Crippen LogP contribution is 2.25. The van der Waals surface area contributed by atoms with Crippen molar-refractivity contribution in [3.05, 3.63) is 58.4 Å². The molecule has 1 N–H and O–H groups in total. The molecule has 0 atom stereocenters. The molecule has 0 bridgehead atoms. The fourth-order valence-corrected chi connectivity index (χ4v) is 3.60. The number of carbonyl (C=O) groups is 1. The van der Waals surface area contributed by atoms with Crippen LogP contribution in [0.2, 0.25) is 0 Å². The minimum Gasteiger partial charge on any atom is -0.494 e. The molecule has 2 aromatic heterocycles. The molecule has 0 aliphatic carbocycles. The van der Waals surface area contributed by atoms with Gasteiger partial charge in [-0.2, -0.15) is 13.1 Å². The Morgan fingerprint density at radius 3 is 2.57 bits per heavy atom. The summed E-state index contributed by atoms with van der Waals surface area (Å²) in [5, 5.41) is 7.08. The highest BCUT2D eigenvalue weighted by Gasteiger charge is 2.20. The molecule has 188 valence electrons. The SMILES string of the molecule is COc1cc(-c2nn(-c3ccc(CCOS(C)(=O)=O)cn3)c(=O)n2CC(=O)NC(C)C)ccc1F. The molecular weight excluding hydrogens is 481 g/mol. The number of methoxy groups -OCH3 is 1. The Hall–Kier alpha value is -3.58. The molecule has 0 unspecified atom stereocenters.